The fraction of sp³-hybridized carbons (Fsp3) is 0.300. The zero-order valence-electron chi connectivity index (χ0n) is 6.81. The maximum Gasteiger partial charge on any atom is 0.100 e. The first-order valence-corrected chi connectivity index (χ1v) is 4.11. The number of nitrogens with zero attached hydrogens (tertiary/aromatic N) is 1. The van der Waals surface area contributed by atoms with Crippen molar-refractivity contribution in [3.8, 4) is 0 Å². The Bertz CT molecular complexity index is 264. The zero-order chi connectivity index (χ0) is 8.23. The number of hydrogen-bond donors (Lipinski definition) is 0. The molecule has 1 aromatic carbocycles. The molecule has 62 valence electrons. The first kappa shape index (κ1) is 7.50. The van der Waals surface area contributed by atoms with Gasteiger partial charge in [0.15, 0.2) is 0 Å². The lowest BCUT2D eigenvalue weighted by atomic mass is 10.2. The van der Waals surface area contributed by atoms with E-state index in [1.807, 2.05) is 36.5 Å². The lowest BCUT2D eigenvalue weighted by molar-refractivity contribution is 0.413. The average molecular weight is 161 g/mol. The zero-order valence-corrected chi connectivity index (χ0v) is 6.81. The molecule has 1 heterocycles. The minimum atomic E-state index is 0.393. The van der Waals surface area contributed by atoms with E-state index in [1.165, 1.54) is 0 Å². The van der Waals surface area contributed by atoms with Crippen LogP contribution in [-0.2, 0) is 4.74 Å². The van der Waals surface area contributed by atoms with Crippen LogP contribution in [0.25, 0.3) is 0 Å². The maximum atomic E-state index is 5.03. The summed E-state index contributed by atoms with van der Waals surface area (Å²) in [5, 5.41) is 0. The molecule has 1 saturated heterocycles. The molecule has 0 aliphatic carbocycles. The molecule has 0 spiro atoms. The van der Waals surface area contributed by atoms with Gasteiger partial charge in [-0.3, -0.25) is 4.99 Å². The van der Waals surface area contributed by atoms with Crippen LogP contribution in [0, 0.1) is 0 Å². The Morgan fingerprint density at radius 2 is 2.17 bits per heavy atom. The number of epoxide rings is 1. The normalized spacial score (nSPS) is 21.5. The summed E-state index contributed by atoms with van der Waals surface area (Å²) in [7, 11) is 0. The Morgan fingerprint density at radius 1 is 1.42 bits per heavy atom. The highest BCUT2D eigenvalue weighted by Gasteiger charge is 2.20. The van der Waals surface area contributed by atoms with Crippen molar-refractivity contribution in [2.45, 2.75) is 6.10 Å². The molecule has 1 aliphatic heterocycles. The molecule has 1 unspecified atom stereocenters. The van der Waals surface area contributed by atoms with E-state index in [0.717, 1.165) is 18.7 Å². The van der Waals surface area contributed by atoms with Gasteiger partial charge in [-0.2, -0.15) is 0 Å². The first-order valence-electron chi connectivity index (χ1n) is 4.11. The fourth-order valence-electron chi connectivity index (χ4n) is 0.988. The van der Waals surface area contributed by atoms with E-state index in [2.05, 4.69) is 4.99 Å². The van der Waals surface area contributed by atoms with Gasteiger partial charge in [0.05, 0.1) is 13.2 Å². The van der Waals surface area contributed by atoms with Gasteiger partial charge in [0.1, 0.15) is 6.10 Å². The summed E-state index contributed by atoms with van der Waals surface area (Å²) >= 11 is 0. The van der Waals surface area contributed by atoms with Crippen molar-refractivity contribution >= 4 is 6.21 Å². The molecule has 2 rings (SSSR count). The first-order chi connectivity index (χ1) is 5.95. The lowest BCUT2D eigenvalue weighted by Gasteiger charge is -1.89. The second-order valence-electron chi connectivity index (χ2n) is 2.86. The highest BCUT2D eigenvalue weighted by Crippen LogP contribution is 2.08. The number of hydrogen-bond acceptors (Lipinski definition) is 2. The highest BCUT2D eigenvalue weighted by molar-refractivity contribution is 5.79. The second kappa shape index (κ2) is 3.50. The second-order valence-corrected chi connectivity index (χ2v) is 2.86. The molecule has 2 heteroatoms. The molecule has 0 aromatic heterocycles. The number of aliphatic imine (C=N–C) groups is 1. The Hall–Kier alpha value is -1.15. The largest absolute Gasteiger partial charge is 0.371 e. The van der Waals surface area contributed by atoms with Crippen LogP contribution in [0.2, 0.25) is 0 Å². The van der Waals surface area contributed by atoms with Crippen molar-refractivity contribution in [1.29, 1.82) is 0 Å². The Balaban J connectivity index is 1.89. The quantitative estimate of drug-likeness (QED) is 0.487. The number of benzene rings is 1. The van der Waals surface area contributed by atoms with Gasteiger partial charge < -0.3 is 4.74 Å². The van der Waals surface area contributed by atoms with Gasteiger partial charge in [0.2, 0.25) is 0 Å². The summed E-state index contributed by atoms with van der Waals surface area (Å²) in [6.07, 6.45) is 2.28. The molecule has 0 N–H and O–H groups in total. The predicted molar refractivity (Wildman–Crippen MR) is 48.6 cm³/mol. The van der Waals surface area contributed by atoms with E-state index in [9.17, 15) is 0 Å². The summed E-state index contributed by atoms with van der Waals surface area (Å²) < 4.78 is 5.03. The van der Waals surface area contributed by atoms with E-state index >= 15 is 0 Å². The third-order valence-electron chi connectivity index (χ3n) is 1.75. The topological polar surface area (TPSA) is 24.9 Å². The molecule has 1 atom stereocenters. The molecule has 0 saturated carbocycles. The van der Waals surface area contributed by atoms with E-state index in [4.69, 9.17) is 4.74 Å². The van der Waals surface area contributed by atoms with Gasteiger partial charge >= 0.3 is 0 Å². The lowest BCUT2D eigenvalue weighted by Crippen LogP contribution is -1.91. The van der Waals surface area contributed by atoms with Crippen molar-refractivity contribution in [3.05, 3.63) is 35.9 Å². The summed E-state index contributed by atoms with van der Waals surface area (Å²) in [6.45, 7) is 1.68. The van der Waals surface area contributed by atoms with Gasteiger partial charge in [-0.25, -0.2) is 0 Å². The Morgan fingerprint density at radius 3 is 2.83 bits per heavy atom. The van der Waals surface area contributed by atoms with Crippen LogP contribution < -0.4 is 0 Å². The molecular weight excluding hydrogens is 150 g/mol. The summed E-state index contributed by atoms with van der Waals surface area (Å²) in [5.74, 6) is 0. The van der Waals surface area contributed by atoms with Crippen molar-refractivity contribution < 1.29 is 4.74 Å². The molecule has 12 heavy (non-hydrogen) atoms. The van der Waals surface area contributed by atoms with Crippen LogP contribution in [0.15, 0.2) is 35.3 Å². The van der Waals surface area contributed by atoms with E-state index in [1.54, 1.807) is 0 Å². The number of ether oxygens (including phenoxy) is 1. The Labute approximate surface area is 71.9 Å². The van der Waals surface area contributed by atoms with Crippen LogP contribution in [0.1, 0.15) is 5.56 Å². The van der Waals surface area contributed by atoms with Crippen LogP contribution in [0.5, 0.6) is 0 Å². The third kappa shape index (κ3) is 2.17. The van der Waals surface area contributed by atoms with Gasteiger partial charge in [-0.1, -0.05) is 30.3 Å². The van der Waals surface area contributed by atoms with Gasteiger partial charge in [-0.05, 0) is 5.56 Å². The van der Waals surface area contributed by atoms with Crippen molar-refractivity contribution in [2.24, 2.45) is 4.99 Å². The summed E-state index contributed by atoms with van der Waals surface area (Å²) in [4.78, 5) is 4.25. The summed E-state index contributed by atoms with van der Waals surface area (Å²) in [5.41, 5.74) is 1.15. The molecular formula is C10H11NO. The molecule has 0 bridgehead atoms. The average Bonchev–Trinajstić information content (AvgIpc) is 2.90. The third-order valence-corrected chi connectivity index (χ3v) is 1.75. The number of rotatable bonds is 3. The smallest absolute Gasteiger partial charge is 0.100 e. The van der Waals surface area contributed by atoms with E-state index in [0.29, 0.717) is 6.10 Å². The van der Waals surface area contributed by atoms with Gasteiger partial charge in [0.25, 0.3) is 0 Å². The molecule has 1 fully saturated rings. The summed E-state index contributed by atoms with van der Waals surface area (Å²) in [6, 6.07) is 10.1. The monoisotopic (exact) mass is 161 g/mol. The SMILES string of the molecule is C(=NCC1CO1)c1ccccc1. The van der Waals surface area contributed by atoms with E-state index in [-0.39, 0.29) is 0 Å². The maximum absolute atomic E-state index is 5.03. The van der Waals surface area contributed by atoms with Crippen molar-refractivity contribution in [3.63, 3.8) is 0 Å². The van der Waals surface area contributed by atoms with Crippen LogP contribution in [0.3, 0.4) is 0 Å². The molecule has 0 radical (unpaired) electrons. The standard InChI is InChI=1S/C10H11NO/c1-2-4-9(5-3-1)6-11-7-10-8-12-10/h1-6,10H,7-8H2. The Kier molecular flexibility index (Phi) is 2.19. The van der Waals surface area contributed by atoms with Crippen LogP contribution in [-0.4, -0.2) is 25.5 Å². The van der Waals surface area contributed by atoms with Crippen molar-refractivity contribution in [1.82, 2.24) is 0 Å². The van der Waals surface area contributed by atoms with Gasteiger partial charge in [-0.15, -0.1) is 0 Å². The minimum absolute atomic E-state index is 0.393. The molecule has 1 aliphatic rings. The molecule has 1 aromatic rings. The minimum Gasteiger partial charge on any atom is -0.371 e. The fourth-order valence-corrected chi connectivity index (χ4v) is 0.988. The molecule has 0 amide bonds. The van der Waals surface area contributed by atoms with Crippen LogP contribution in [0.4, 0.5) is 0 Å². The predicted octanol–water partition coefficient (Wildman–Crippen LogP) is 1.50. The highest BCUT2D eigenvalue weighted by atomic mass is 16.6. The molecule has 2 nitrogen and oxygen atoms in total. The van der Waals surface area contributed by atoms with E-state index < -0.39 is 0 Å². The van der Waals surface area contributed by atoms with Crippen molar-refractivity contribution in [2.75, 3.05) is 13.2 Å². The van der Waals surface area contributed by atoms with Gasteiger partial charge in [0, 0.05) is 6.21 Å². The van der Waals surface area contributed by atoms with Crippen LogP contribution >= 0.6 is 0 Å².